The number of nitrogens with zero attached hydrogens (tertiary/aromatic N) is 1. The summed E-state index contributed by atoms with van der Waals surface area (Å²) in [4.78, 5) is 1.91. The molecule has 1 aliphatic carbocycles. The summed E-state index contributed by atoms with van der Waals surface area (Å²) in [7, 11) is 1.94. The summed E-state index contributed by atoms with van der Waals surface area (Å²) < 4.78 is 5.61. The molecule has 0 radical (unpaired) electrons. The lowest BCUT2D eigenvalue weighted by Gasteiger charge is -2.30. The first-order valence-electron chi connectivity index (χ1n) is 4.71. The maximum absolute atomic E-state index is 7.52. The average molecular weight is 168 g/mol. The SMILES string of the molecule is CN1CC2(CCCCC2)OC1=N. The van der Waals surface area contributed by atoms with Crippen molar-refractivity contribution in [2.24, 2.45) is 0 Å². The molecule has 0 aromatic rings. The van der Waals surface area contributed by atoms with Gasteiger partial charge < -0.3 is 9.64 Å². The number of likely N-dealkylation sites (N-methyl/N-ethyl adjacent to an activating group) is 1. The molecule has 3 heteroatoms. The number of amidine groups is 1. The second-order valence-electron chi connectivity index (χ2n) is 4.01. The van der Waals surface area contributed by atoms with Crippen molar-refractivity contribution in [2.45, 2.75) is 37.7 Å². The first-order valence-corrected chi connectivity index (χ1v) is 4.71. The largest absolute Gasteiger partial charge is 0.457 e. The van der Waals surface area contributed by atoms with Crippen molar-refractivity contribution in [3.8, 4) is 0 Å². The van der Waals surface area contributed by atoms with Gasteiger partial charge in [0.05, 0.1) is 6.54 Å². The smallest absolute Gasteiger partial charge is 0.284 e. The normalized spacial score (nSPS) is 27.8. The Hall–Kier alpha value is -0.730. The Morgan fingerprint density at radius 1 is 1.33 bits per heavy atom. The van der Waals surface area contributed by atoms with Crippen molar-refractivity contribution in [1.82, 2.24) is 4.90 Å². The van der Waals surface area contributed by atoms with Gasteiger partial charge in [-0.15, -0.1) is 0 Å². The van der Waals surface area contributed by atoms with Gasteiger partial charge >= 0.3 is 0 Å². The van der Waals surface area contributed by atoms with Gasteiger partial charge in [0.1, 0.15) is 5.60 Å². The lowest BCUT2D eigenvalue weighted by atomic mass is 9.85. The topological polar surface area (TPSA) is 36.3 Å². The predicted molar refractivity (Wildman–Crippen MR) is 47.3 cm³/mol. The van der Waals surface area contributed by atoms with Gasteiger partial charge in [-0.25, -0.2) is 0 Å². The molecule has 3 nitrogen and oxygen atoms in total. The molecule has 2 aliphatic rings. The Labute approximate surface area is 73.2 Å². The number of hydrogen-bond donors (Lipinski definition) is 1. The summed E-state index contributed by atoms with van der Waals surface area (Å²) in [5.74, 6) is 0. The van der Waals surface area contributed by atoms with Gasteiger partial charge in [0.2, 0.25) is 0 Å². The van der Waals surface area contributed by atoms with Crippen molar-refractivity contribution in [1.29, 1.82) is 5.41 Å². The molecule has 1 heterocycles. The van der Waals surface area contributed by atoms with Crippen LogP contribution in [0.3, 0.4) is 0 Å². The van der Waals surface area contributed by atoms with Gasteiger partial charge in [-0.05, 0) is 25.7 Å². The van der Waals surface area contributed by atoms with Crippen LogP contribution in [0.2, 0.25) is 0 Å². The monoisotopic (exact) mass is 168 g/mol. The van der Waals surface area contributed by atoms with Gasteiger partial charge in [0.15, 0.2) is 0 Å². The van der Waals surface area contributed by atoms with Crippen LogP contribution in [0.15, 0.2) is 0 Å². The number of ether oxygens (including phenoxy) is 1. The van der Waals surface area contributed by atoms with Gasteiger partial charge in [0.25, 0.3) is 6.02 Å². The fourth-order valence-corrected chi connectivity index (χ4v) is 2.28. The van der Waals surface area contributed by atoms with E-state index in [1.54, 1.807) is 0 Å². The molecule has 0 bridgehead atoms. The van der Waals surface area contributed by atoms with E-state index in [0.29, 0.717) is 6.02 Å². The lowest BCUT2D eigenvalue weighted by molar-refractivity contribution is 0.0490. The number of rotatable bonds is 0. The zero-order valence-electron chi connectivity index (χ0n) is 7.60. The molecule has 1 saturated carbocycles. The highest BCUT2D eigenvalue weighted by molar-refractivity contribution is 5.72. The summed E-state index contributed by atoms with van der Waals surface area (Å²) in [6, 6.07) is 0.358. The van der Waals surface area contributed by atoms with Gasteiger partial charge in [-0.3, -0.25) is 5.41 Å². The first kappa shape index (κ1) is 7.90. The van der Waals surface area contributed by atoms with Gasteiger partial charge in [0, 0.05) is 7.05 Å². The van der Waals surface area contributed by atoms with Crippen LogP contribution in [0.25, 0.3) is 0 Å². The second-order valence-corrected chi connectivity index (χ2v) is 4.01. The third-order valence-corrected chi connectivity index (χ3v) is 2.95. The van der Waals surface area contributed by atoms with E-state index in [2.05, 4.69) is 0 Å². The maximum atomic E-state index is 7.52. The number of nitrogens with one attached hydrogen (secondary N) is 1. The van der Waals surface area contributed by atoms with E-state index in [0.717, 1.165) is 19.4 Å². The molecule has 0 amide bonds. The molecule has 0 aromatic carbocycles. The van der Waals surface area contributed by atoms with E-state index < -0.39 is 0 Å². The van der Waals surface area contributed by atoms with Crippen molar-refractivity contribution in [3.63, 3.8) is 0 Å². The average Bonchev–Trinajstić information content (AvgIpc) is 2.29. The summed E-state index contributed by atoms with van der Waals surface area (Å²) >= 11 is 0. The lowest BCUT2D eigenvalue weighted by Crippen LogP contribution is -2.35. The highest BCUT2D eigenvalue weighted by Gasteiger charge is 2.42. The predicted octanol–water partition coefficient (Wildman–Crippen LogP) is 1.59. The molecule has 12 heavy (non-hydrogen) atoms. The van der Waals surface area contributed by atoms with Crippen LogP contribution < -0.4 is 0 Å². The third-order valence-electron chi connectivity index (χ3n) is 2.95. The minimum Gasteiger partial charge on any atom is -0.457 e. The van der Waals surface area contributed by atoms with E-state index in [4.69, 9.17) is 10.1 Å². The standard InChI is InChI=1S/C9H16N2O/c1-11-7-9(12-8(11)10)5-3-2-4-6-9/h10H,2-7H2,1H3. The molecular formula is C9H16N2O. The van der Waals surface area contributed by atoms with E-state index in [-0.39, 0.29) is 5.60 Å². The fraction of sp³-hybridized carbons (Fsp3) is 0.889. The molecule has 2 rings (SSSR count). The molecule has 1 N–H and O–H groups in total. The molecule has 1 aliphatic heterocycles. The summed E-state index contributed by atoms with van der Waals surface area (Å²) in [5.41, 5.74) is 0.0179. The maximum Gasteiger partial charge on any atom is 0.284 e. The van der Waals surface area contributed by atoms with Crippen LogP contribution in [0.5, 0.6) is 0 Å². The van der Waals surface area contributed by atoms with E-state index >= 15 is 0 Å². The quantitative estimate of drug-likeness (QED) is 0.596. The Morgan fingerprint density at radius 3 is 2.50 bits per heavy atom. The zero-order valence-corrected chi connectivity index (χ0v) is 7.60. The van der Waals surface area contributed by atoms with Crippen molar-refractivity contribution < 1.29 is 4.74 Å². The van der Waals surface area contributed by atoms with Crippen LogP contribution in [-0.4, -0.2) is 30.1 Å². The fourth-order valence-electron chi connectivity index (χ4n) is 2.28. The summed E-state index contributed by atoms with van der Waals surface area (Å²) in [6.07, 6.45) is 6.14. The number of hydrogen-bond acceptors (Lipinski definition) is 2. The highest BCUT2D eigenvalue weighted by atomic mass is 16.5. The van der Waals surface area contributed by atoms with Crippen molar-refractivity contribution in [3.05, 3.63) is 0 Å². The molecule has 0 aromatic heterocycles. The molecule has 2 fully saturated rings. The Balaban J connectivity index is 2.07. The highest BCUT2D eigenvalue weighted by Crippen LogP contribution is 2.35. The third kappa shape index (κ3) is 1.17. The van der Waals surface area contributed by atoms with Gasteiger partial charge in [-0.1, -0.05) is 6.42 Å². The first-order chi connectivity index (χ1) is 5.72. The van der Waals surface area contributed by atoms with Crippen LogP contribution in [0, 0.1) is 5.41 Å². The minimum absolute atomic E-state index is 0.0179. The molecule has 0 atom stereocenters. The van der Waals surface area contributed by atoms with Crippen molar-refractivity contribution in [2.75, 3.05) is 13.6 Å². The molecular weight excluding hydrogens is 152 g/mol. The Morgan fingerprint density at radius 2 is 2.00 bits per heavy atom. The van der Waals surface area contributed by atoms with Crippen molar-refractivity contribution >= 4 is 6.02 Å². The minimum atomic E-state index is 0.0179. The molecule has 68 valence electrons. The molecule has 1 spiro atoms. The van der Waals surface area contributed by atoms with Crippen LogP contribution in [-0.2, 0) is 4.74 Å². The van der Waals surface area contributed by atoms with Gasteiger partial charge in [-0.2, -0.15) is 0 Å². The summed E-state index contributed by atoms with van der Waals surface area (Å²) in [6.45, 7) is 0.922. The van der Waals surface area contributed by atoms with Crippen LogP contribution >= 0.6 is 0 Å². The molecule has 0 unspecified atom stereocenters. The van der Waals surface area contributed by atoms with Crippen LogP contribution in [0.4, 0.5) is 0 Å². The van der Waals surface area contributed by atoms with E-state index in [1.807, 2.05) is 11.9 Å². The second kappa shape index (κ2) is 2.64. The Bertz CT molecular complexity index is 197. The molecule has 1 saturated heterocycles. The van der Waals surface area contributed by atoms with E-state index in [1.165, 1.54) is 19.3 Å². The van der Waals surface area contributed by atoms with Crippen LogP contribution in [0.1, 0.15) is 32.1 Å². The Kier molecular flexibility index (Phi) is 1.74. The zero-order chi connectivity index (χ0) is 8.60. The van der Waals surface area contributed by atoms with E-state index in [9.17, 15) is 0 Å². The summed E-state index contributed by atoms with van der Waals surface area (Å²) in [5, 5.41) is 7.52.